The maximum atomic E-state index is 2.47. The summed E-state index contributed by atoms with van der Waals surface area (Å²) < 4.78 is 0. The third kappa shape index (κ3) is 24.0. The largest absolute Gasteiger partial charge is 0.0654 e. The summed E-state index contributed by atoms with van der Waals surface area (Å²) in [4.78, 5) is 0. The van der Waals surface area contributed by atoms with Crippen molar-refractivity contribution in [3.63, 3.8) is 0 Å². The molecule has 170 valence electrons. The fraction of sp³-hybridized carbons (Fsp3) is 1.00. The predicted octanol–water partition coefficient (Wildman–Crippen LogP) is 10.9. The molecule has 0 amide bonds. The van der Waals surface area contributed by atoms with Gasteiger partial charge in [-0.2, -0.15) is 0 Å². The van der Waals surface area contributed by atoms with Gasteiger partial charge in [-0.05, 0) is 11.8 Å². The Labute approximate surface area is 181 Å². The highest BCUT2D eigenvalue weighted by atomic mass is 14.1. The molecule has 0 nitrogen and oxygen atoms in total. The van der Waals surface area contributed by atoms with E-state index >= 15 is 0 Å². The van der Waals surface area contributed by atoms with Gasteiger partial charge in [0.2, 0.25) is 0 Å². The average Bonchev–Trinajstić information content (AvgIpc) is 2.66. The molecule has 0 heteroatoms. The van der Waals surface area contributed by atoms with Crippen LogP contribution in [0.4, 0.5) is 0 Å². The van der Waals surface area contributed by atoms with E-state index in [1.807, 2.05) is 0 Å². The minimum atomic E-state index is 0.886. The van der Waals surface area contributed by atoms with Gasteiger partial charge in [-0.3, -0.25) is 0 Å². The number of rotatable bonds is 23. The summed E-state index contributed by atoms with van der Waals surface area (Å²) in [5, 5.41) is 0. The van der Waals surface area contributed by atoms with Gasteiger partial charge in [0.05, 0.1) is 0 Å². The van der Waals surface area contributed by atoms with Crippen molar-refractivity contribution < 1.29 is 0 Å². The molecule has 0 N–H and O–H groups in total. The molecule has 0 bridgehead atoms. The van der Waals surface area contributed by atoms with Crippen LogP contribution in [0.2, 0.25) is 0 Å². The summed E-state index contributed by atoms with van der Waals surface area (Å²) in [5.41, 5.74) is 0. The van der Waals surface area contributed by atoms with Gasteiger partial charge >= 0.3 is 0 Å². The molecule has 0 aromatic carbocycles. The van der Waals surface area contributed by atoms with E-state index in [0.29, 0.717) is 0 Å². The first-order valence-electron chi connectivity index (χ1n) is 13.7. The highest BCUT2D eigenvalue weighted by Gasteiger charge is 2.03. The molecule has 0 spiro atoms. The van der Waals surface area contributed by atoms with E-state index < -0.39 is 0 Å². The first kappa shape index (κ1) is 28.0. The Hall–Kier alpha value is 0. The maximum Gasteiger partial charge on any atom is -0.0443 e. The first-order valence-corrected chi connectivity index (χ1v) is 13.7. The van der Waals surface area contributed by atoms with Gasteiger partial charge < -0.3 is 0 Å². The van der Waals surface area contributed by atoms with Crippen LogP contribution in [0, 0.1) is 11.8 Å². The summed E-state index contributed by atoms with van der Waals surface area (Å²) in [6.07, 6.45) is 32.4. The topological polar surface area (TPSA) is 0 Å². The summed E-state index contributed by atoms with van der Waals surface area (Å²) >= 11 is 0. The normalized spacial score (nSPS) is 12.8. The third-order valence-electron chi connectivity index (χ3n) is 6.53. The molecule has 0 fully saturated rings. The Morgan fingerprint density at radius 1 is 0.357 bits per heavy atom. The van der Waals surface area contributed by atoms with Crippen LogP contribution in [0.5, 0.6) is 0 Å². The SMILES string of the molecule is CCCCCCCCCCCCCCCCCCCCC(C)CCCC(C)C. The zero-order valence-corrected chi connectivity index (χ0v) is 20.7. The Bertz CT molecular complexity index is 267. The molecule has 0 rings (SSSR count). The lowest BCUT2D eigenvalue weighted by atomic mass is 9.95. The molecular formula is C28H58. The van der Waals surface area contributed by atoms with Gasteiger partial charge in [-0.15, -0.1) is 0 Å². The molecule has 0 aliphatic rings. The smallest absolute Gasteiger partial charge is 0.0443 e. The van der Waals surface area contributed by atoms with E-state index in [9.17, 15) is 0 Å². The van der Waals surface area contributed by atoms with Crippen molar-refractivity contribution in [1.82, 2.24) is 0 Å². The van der Waals surface area contributed by atoms with Gasteiger partial charge in [-0.25, -0.2) is 0 Å². The quantitative estimate of drug-likeness (QED) is 0.151. The van der Waals surface area contributed by atoms with Crippen molar-refractivity contribution in [2.45, 2.75) is 169 Å². The van der Waals surface area contributed by atoms with E-state index in [2.05, 4.69) is 27.7 Å². The molecule has 0 aromatic heterocycles. The van der Waals surface area contributed by atoms with E-state index in [-0.39, 0.29) is 0 Å². The van der Waals surface area contributed by atoms with Crippen LogP contribution in [-0.4, -0.2) is 0 Å². The minimum absolute atomic E-state index is 0.886. The third-order valence-corrected chi connectivity index (χ3v) is 6.53. The van der Waals surface area contributed by atoms with E-state index in [0.717, 1.165) is 11.8 Å². The second-order valence-corrected chi connectivity index (χ2v) is 10.2. The lowest BCUT2D eigenvalue weighted by molar-refractivity contribution is 0.417. The minimum Gasteiger partial charge on any atom is -0.0654 e. The average molecular weight is 395 g/mol. The van der Waals surface area contributed by atoms with Gasteiger partial charge in [0, 0.05) is 0 Å². The van der Waals surface area contributed by atoms with Crippen molar-refractivity contribution in [1.29, 1.82) is 0 Å². The van der Waals surface area contributed by atoms with Gasteiger partial charge in [0.25, 0.3) is 0 Å². The molecule has 28 heavy (non-hydrogen) atoms. The Balaban J connectivity index is 3.08. The van der Waals surface area contributed by atoms with E-state index in [4.69, 9.17) is 0 Å². The molecule has 0 saturated carbocycles. The molecule has 0 aromatic rings. The summed E-state index contributed by atoms with van der Waals surface area (Å²) in [6.45, 7) is 9.47. The van der Waals surface area contributed by atoms with E-state index in [1.54, 1.807) is 0 Å². The maximum absolute atomic E-state index is 2.47. The van der Waals surface area contributed by atoms with Crippen LogP contribution >= 0.6 is 0 Å². The summed E-state index contributed by atoms with van der Waals surface area (Å²) in [6, 6.07) is 0. The van der Waals surface area contributed by atoms with Crippen LogP contribution in [0.25, 0.3) is 0 Å². The molecule has 0 radical (unpaired) electrons. The first-order chi connectivity index (χ1) is 13.7. The van der Waals surface area contributed by atoms with E-state index in [1.165, 1.54) is 141 Å². The Morgan fingerprint density at radius 2 is 0.679 bits per heavy atom. The molecule has 1 unspecified atom stereocenters. The highest BCUT2D eigenvalue weighted by Crippen LogP contribution is 2.19. The fourth-order valence-electron chi connectivity index (χ4n) is 4.41. The molecule has 0 heterocycles. The van der Waals surface area contributed by atoms with Crippen LogP contribution in [0.3, 0.4) is 0 Å². The monoisotopic (exact) mass is 394 g/mol. The van der Waals surface area contributed by atoms with Crippen LogP contribution in [0.15, 0.2) is 0 Å². The molecular weight excluding hydrogens is 336 g/mol. The van der Waals surface area contributed by atoms with Crippen molar-refractivity contribution in [3.05, 3.63) is 0 Å². The lowest BCUT2D eigenvalue weighted by Crippen LogP contribution is -1.96. The van der Waals surface area contributed by atoms with Crippen LogP contribution in [0.1, 0.15) is 169 Å². The van der Waals surface area contributed by atoms with Gasteiger partial charge in [0.15, 0.2) is 0 Å². The predicted molar refractivity (Wildman–Crippen MR) is 131 cm³/mol. The second-order valence-electron chi connectivity index (χ2n) is 10.2. The number of hydrogen-bond donors (Lipinski definition) is 0. The van der Waals surface area contributed by atoms with Crippen molar-refractivity contribution >= 4 is 0 Å². The van der Waals surface area contributed by atoms with Crippen LogP contribution < -0.4 is 0 Å². The molecule has 0 aliphatic heterocycles. The van der Waals surface area contributed by atoms with Gasteiger partial charge in [0.1, 0.15) is 0 Å². The number of unbranched alkanes of at least 4 members (excludes halogenated alkanes) is 17. The Kier molecular flexibility index (Phi) is 23.3. The Morgan fingerprint density at radius 3 is 1.04 bits per heavy atom. The van der Waals surface area contributed by atoms with Crippen molar-refractivity contribution in [2.24, 2.45) is 11.8 Å². The standard InChI is InChI=1S/C28H58/c1-5-6-7-8-9-10-11-12-13-14-15-16-17-18-19-20-21-22-25-28(4)26-23-24-27(2)3/h27-28H,5-26H2,1-4H3. The van der Waals surface area contributed by atoms with Gasteiger partial charge in [-0.1, -0.05) is 169 Å². The zero-order chi connectivity index (χ0) is 20.7. The fourth-order valence-corrected chi connectivity index (χ4v) is 4.41. The highest BCUT2D eigenvalue weighted by molar-refractivity contribution is 4.56. The molecule has 0 saturated heterocycles. The second kappa shape index (κ2) is 23.3. The molecule has 1 atom stereocenters. The van der Waals surface area contributed by atoms with Crippen LogP contribution in [-0.2, 0) is 0 Å². The number of hydrogen-bond acceptors (Lipinski definition) is 0. The van der Waals surface area contributed by atoms with Crippen molar-refractivity contribution in [3.8, 4) is 0 Å². The zero-order valence-electron chi connectivity index (χ0n) is 20.7. The lowest BCUT2D eigenvalue weighted by Gasteiger charge is -2.12. The molecule has 0 aliphatic carbocycles. The summed E-state index contributed by atoms with van der Waals surface area (Å²) in [7, 11) is 0. The summed E-state index contributed by atoms with van der Waals surface area (Å²) in [5.74, 6) is 1.84. The van der Waals surface area contributed by atoms with Crippen molar-refractivity contribution in [2.75, 3.05) is 0 Å².